The van der Waals surface area contributed by atoms with Crippen molar-refractivity contribution in [2.24, 2.45) is 4.99 Å². The third kappa shape index (κ3) is 5.19. The van der Waals surface area contributed by atoms with E-state index in [1.807, 2.05) is 0 Å². The first kappa shape index (κ1) is 25.6. The molecule has 0 saturated heterocycles. The van der Waals surface area contributed by atoms with Crippen LogP contribution in [0.5, 0.6) is 5.75 Å². The first-order chi connectivity index (χ1) is 17.0. The van der Waals surface area contributed by atoms with Crippen LogP contribution in [0, 0.1) is 18.6 Å². The molecule has 1 heterocycles. The third-order valence-electron chi connectivity index (χ3n) is 5.58. The lowest BCUT2D eigenvalue weighted by Gasteiger charge is -2.16. The number of aromatic hydroxyl groups is 1. The maximum atomic E-state index is 14.2. The van der Waals surface area contributed by atoms with E-state index < -0.39 is 46.2 Å². The Labute approximate surface area is 205 Å². The number of amidine groups is 1. The van der Waals surface area contributed by atoms with Crippen LogP contribution in [-0.2, 0) is 28.4 Å². The van der Waals surface area contributed by atoms with Gasteiger partial charge in [-0.3, -0.25) is 4.21 Å². The van der Waals surface area contributed by atoms with Crippen molar-refractivity contribution in [3.8, 4) is 5.75 Å². The molecule has 3 aromatic rings. The van der Waals surface area contributed by atoms with Crippen molar-refractivity contribution in [1.29, 1.82) is 0 Å². The van der Waals surface area contributed by atoms with Gasteiger partial charge in [-0.1, -0.05) is 18.2 Å². The molecule has 1 aliphatic rings. The van der Waals surface area contributed by atoms with Gasteiger partial charge in [0.1, 0.15) is 0 Å². The Kier molecular flexibility index (Phi) is 7.01. The Hall–Kier alpha value is -3.51. The van der Waals surface area contributed by atoms with Crippen LogP contribution in [0.25, 0.3) is 0 Å². The van der Waals surface area contributed by atoms with Crippen LogP contribution < -0.4 is 10.8 Å². The van der Waals surface area contributed by atoms with E-state index in [2.05, 4.69) is 15.8 Å². The molecule has 0 aliphatic carbocycles. The van der Waals surface area contributed by atoms with Gasteiger partial charge in [0.2, 0.25) is 6.23 Å². The Morgan fingerprint density at radius 3 is 2.58 bits per heavy atom. The van der Waals surface area contributed by atoms with Gasteiger partial charge in [-0.15, -0.1) is 0 Å². The number of aliphatic imine (C=N–C) groups is 1. The summed E-state index contributed by atoms with van der Waals surface area (Å²) in [7, 11) is -1.56. The molecule has 0 amide bonds. The minimum Gasteiger partial charge on any atom is -0.503 e. The van der Waals surface area contributed by atoms with Crippen LogP contribution in [-0.4, -0.2) is 21.4 Å². The predicted octanol–water partition coefficient (Wildman–Crippen LogP) is 5.33. The fourth-order valence-electron chi connectivity index (χ4n) is 3.60. The van der Waals surface area contributed by atoms with E-state index >= 15 is 0 Å². The zero-order valence-corrected chi connectivity index (χ0v) is 19.7. The van der Waals surface area contributed by atoms with E-state index in [0.29, 0.717) is 11.3 Å². The van der Waals surface area contributed by atoms with Crippen LogP contribution in [0.15, 0.2) is 58.4 Å². The molecule has 190 valence electrons. The number of halogens is 5. The molecule has 4 rings (SSSR count). The Morgan fingerprint density at radius 1 is 1.14 bits per heavy atom. The summed E-state index contributed by atoms with van der Waals surface area (Å²) in [5.41, 5.74) is 3.22. The van der Waals surface area contributed by atoms with Crippen LogP contribution in [0.3, 0.4) is 0 Å². The predicted molar refractivity (Wildman–Crippen MR) is 124 cm³/mol. The van der Waals surface area contributed by atoms with Crippen LogP contribution in [0.4, 0.5) is 27.6 Å². The minimum atomic E-state index is -4.62. The smallest absolute Gasteiger partial charge is 0.416 e. The Morgan fingerprint density at radius 2 is 1.89 bits per heavy atom. The number of aryl methyl sites for hydroxylation is 1. The number of phenols is 1. The molecule has 0 saturated carbocycles. The minimum absolute atomic E-state index is 0.0205. The summed E-state index contributed by atoms with van der Waals surface area (Å²) in [5.74, 6) is -3.25. The number of anilines is 1. The van der Waals surface area contributed by atoms with E-state index in [1.165, 1.54) is 18.4 Å². The summed E-state index contributed by atoms with van der Waals surface area (Å²) in [4.78, 5) is 9.57. The number of rotatable bonds is 6. The standard InChI is InChI=1S/C24H20F5N3O3S/c1-12-3-4-13(22-31-23(35-32-22)16-7-8-18(25)21(33)20(16)26)9-19(12)30-11-14-5-6-15(36(2)34)10-17(14)24(27,28)29/h3-10,23,30,33H,11H2,1-2H3,(H,31,32). The summed E-state index contributed by atoms with van der Waals surface area (Å²) >= 11 is 0. The van der Waals surface area contributed by atoms with Gasteiger partial charge >= 0.3 is 6.18 Å². The Balaban J connectivity index is 1.58. The number of nitrogens with one attached hydrogen (secondary N) is 2. The van der Waals surface area contributed by atoms with E-state index in [-0.39, 0.29) is 28.4 Å². The monoisotopic (exact) mass is 525 g/mol. The second-order valence-electron chi connectivity index (χ2n) is 8.00. The average molecular weight is 525 g/mol. The molecule has 2 unspecified atom stereocenters. The Bertz CT molecular complexity index is 1380. The topological polar surface area (TPSA) is 83.0 Å². The van der Waals surface area contributed by atoms with Crippen molar-refractivity contribution in [2.45, 2.75) is 30.8 Å². The number of hydrogen-bond donors (Lipinski definition) is 3. The summed E-state index contributed by atoms with van der Waals surface area (Å²) in [6.07, 6.45) is -4.51. The number of hydroxylamine groups is 1. The van der Waals surface area contributed by atoms with Crippen molar-refractivity contribution in [2.75, 3.05) is 11.6 Å². The SMILES string of the molecule is Cc1ccc(C2=NC(c3ccc(F)c(O)c3F)ON2)cc1NCc1ccc(S(C)=O)cc1C(F)(F)F. The number of phenolic OH excluding ortho intramolecular Hbond substituents is 1. The number of alkyl halides is 3. The highest BCUT2D eigenvalue weighted by molar-refractivity contribution is 7.84. The molecule has 0 bridgehead atoms. The second kappa shape index (κ2) is 9.86. The average Bonchev–Trinajstić information content (AvgIpc) is 3.31. The first-order valence-electron chi connectivity index (χ1n) is 10.5. The van der Waals surface area contributed by atoms with Crippen molar-refractivity contribution in [1.82, 2.24) is 5.48 Å². The molecule has 0 spiro atoms. The normalized spacial score (nSPS) is 16.4. The lowest BCUT2D eigenvalue weighted by Crippen LogP contribution is -2.18. The molecule has 0 radical (unpaired) electrons. The van der Waals surface area contributed by atoms with Crippen molar-refractivity contribution in [3.63, 3.8) is 0 Å². The van der Waals surface area contributed by atoms with Gasteiger partial charge in [0.25, 0.3) is 0 Å². The summed E-state index contributed by atoms with van der Waals surface area (Å²) in [6.45, 7) is 1.61. The van der Waals surface area contributed by atoms with Gasteiger partial charge in [0, 0.05) is 45.3 Å². The lowest BCUT2D eigenvalue weighted by molar-refractivity contribution is -0.138. The zero-order chi connectivity index (χ0) is 26.2. The molecule has 12 heteroatoms. The molecule has 0 fully saturated rings. The van der Waals surface area contributed by atoms with E-state index in [0.717, 1.165) is 23.8 Å². The summed E-state index contributed by atoms with van der Waals surface area (Å²) in [6, 6.07) is 10.6. The van der Waals surface area contributed by atoms with Crippen LogP contribution in [0.1, 0.15) is 34.0 Å². The van der Waals surface area contributed by atoms with Crippen molar-refractivity contribution in [3.05, 3.63) is 88.0 Å². The molecule has 1 aliphatic heterocycles. The van der Waals surface area contributed by atoms with Crippen molar-refractivity contribution < 1.29 is 36.1 Å². The first-order valence-corrected chi connectivity index (χ1v) is 12.1. The van der Waals surface area contributed by atoms with Crippen LogP contribution in [0.2, 0.25) is 0 Å². The summed E-state index contributed by atoms with van der Waals surface area (Å²) in [5, 5.41) is 12.5. The van der Waals surface area contributed by atoms with Gasteiger partial charge in [0.05, 0.1) is 5.56 Å². The largest absolute Gasteiger partial charge is 0.503 e. The number of nitrogens with zero attached hydrogens (tertiary/aromatic N) is 1. The van der Waals surface area contributed by atoms with E-state index in [1.54, 1.807) is 25.1 Å². The maximum absolute atomic E-state index is 14.2. The second-order valence-corrected chi connectivity index (χ2v) is 9.38. The molecule has 0 aromatic heterocycles. The highest BCUT2D eigenvalue weighted by Gasteiger charge is 2.34. The highest BCUT2D eigenvalue weighted by Crippen LogP contribution is 2.34. The maximum Gasteiger partial charge on any atom is 0.416 e. The number of benzene rings is 3. The fraction of sp³-hybridized carbons (Fsp3) is 0.208. The highest BCUT2D eigenvalue weighted by atomic mass is 32.2. The quantitative estimate of drug-likeness (QED) is 0.379. The molecule has 36 heavy (non-hydrogen) atoms. The third-order valence-corrected chi connectivity index (χ3v) is 6.49. The molecular weight excluding hydrogens is 505 g/mol. The fourth-order valence-corrected chi connectivity index (χ4v) is 4.14. The zero-order valence-electron chi connectivity index (χ0n) is 18.9. The lowest BCUT2D eigenvalue weighted by atomic mass is 10.1. The molecule has 6 nitrogen and oxygen atoms in total. The van der Waals surface area contributed by atoms with Crippen LogP contribution >= 0.6 is 0 Å². The number of hydrogen-bond acceptors (Lipinski definition) is 6. The molecule has 2 atom stereocenters. The van der Waals surface area contributed by atoms with Gasteiger partial charge in [-0.2, -0.15) is 13.2 Å². The summed E-state index contributed by atoms with van der Waals surface area (Å²) < 4.78 is 80.0. The van der Waals surface area contributed by atoms with Gasteiger partial charge < -0.3 is 10.4 Å². The van der Waals surface area contributed by atoms with E-state index in [9.17, 15) is 31.3 Å². The van der Waals surface area contributed by atoms with E-state index in [4.69, 9.17) is 4.84 Å². The molecular formula is C24H20F5N3O3S. The van der Waals surface area contributed by atoms with Gasteiger partial charge in [-0.05, 0) is 48.4 Å². The van der Waals surface area contributed by atoms with Gasteiger partial charge in [0.15, 0.2) is 23.2 Å². The van der Waals surface area contributed by atoms with Crippen molar-refractivity contribution >= 4 is 22.3 Å². The van der Waals surface area contributed by atoms with Gasteiger partial charge in [-0.25, -0.2) is 24.1 Å². The molecule has 3 N–H and O–H groups in total. The molecule has 3 aromatic carbocycles.